The van der Waals surface area contributed by atoms with Crippen LogP contribution in [0.1, 0.15) is 22.3 Å². The molecule has 0 saturated carbocycles. The molecule has 300 valence electrons. The number of amidine groups is 2. The van der Waals surface area contributed by atoms with Crippen molar-refractivity contribution in [3.05, 3.63) is 204 Å². The molecule has 8 rings (SSSR count). The van der Waals surface area contributed by atoms with Gasteiger partial charge in [-0.25, -0.2) is 0 Å². The number of fused-ring (bicyclic) bond motifs is 2. The summed E-state index contributed by atoms with van der Waals surface area (Å²) in [4.78, 5) is 10.9. The van der Waals surface area contributed by atoms with Gasteiger partial charge in [0.05, 0.1) is 0 Å². The Morgan fingerprint density at radius 3 is 1.20 bits per heavy atom. The van der Waals surface area contributed by atoms with Crippen LogP contribution in [0.15, 0.2) is 202 Å². The van der Waals surface area contributed by atoms with Gasteiger partial charge in [-0.1, -0.05) is 12.1 Å². The van der Waals surface area contributed by atoms with Crippen LogP contribution in [0, 0.1) is 0 Å². The maximum atomic E-state index is 6.35. The van der Waals surface area contributed by atoms with Crippen molar-refractivity contribution in [2.75, 3.05) is 0 Å². The van der Waals surface area contributed by atoms with Crippen molar-refractivity contribution in [2.24, 2.45) is 31.9 Å². The van der Waals surface area contributed by atoms with Gasteiger partial charge in [0.1, 0.15) is 0 Å². The van der Waals surface area contributed by atoms with Crippen molar-refractivity contribution >= 4 is 76.6 Å². The van der Waals surface area contributed by atoms with Gasteiger partial charge in [-0.2, -0.15) is 0 Å². The average Bonchev–Trinajstić information content (AvgIpc) is 3.86. The second-order valence-corrected chi connectivity index (χ2v) is 23.7. The molecule has 6 aromatic carbocycles. The summed E-state index contributed by atoms with van der Waals surface area (Å²) in [5.74, 6) is 0. The van der Waals surface area contributed by atoms with E-state index in [4.69, 9.17) is 17.6 Å². The summed E-state index contributed by atoms with van der Waals surface area (Å²) in [7, 11) is 0. The van der Waals surface area contributed by atoms with Crippen molar-refractivity contribution in [1.29, 1.82) is 0 Å². The van der Waals surface area contributed by atoms with Gasteiger partial charge >= 0.3 is 349 Å². The van der Waals surface area contributed by atoms with Crippen LogP contribution in [-0.2, 0) is 6.15 Å². The number of allylic oxidation sites excluding steroid dienone is 2. The minimum absolute atomic E-state index is 0.142. The summed E-state index contributed by atoms with van der Waals surface area (Å²) in [6, 6.07) is 56.2. The van der Waals surface area contributed by atoms with E-state index in [-0.39, 0.29) is 12.0 Å². The molecular formula is C50H44N8O2Sn. The molecule has 0 bridgehead atoms. The molecule has 6 N–H and O–H groups in total. The summed E-state index contributed by atoms with van der Waals surface area (Å²) in [5, 5.41) is 19.9. The molecule has 0 unspecified atom stereocenters. The topological polar surface area (TPSA) is 152 Å². The van der Waals surface area contributed by atoms with Crippen LogP contribution in [0.4, 0.5) is 0 Å². The van der Waals surface area contributed by atoms with Crippen LogP contribution in [0.3, 0.4) is 0 Å². The van der Waals surface area contributed by atoms with Gasteiger partial charge in [0.25, 0.3) is 0 Å². The zero-order valence-corrected chi connectivity index (χ0v) is 36.6. The van der Waals surface area contributed by atoms with Gasteiger partial charge in [0.2, 0.25) is 0 Å². The molecule has 0 aliphatic heterocycles. The number of H-pyrrole nitrogens is 2. The molecule has 0 saturated heterocycles. The minimum atomic E-state index is -3.98. The number of aromatic nitrogens is 2. The third-order valence-electron chi connectivity index (χ3n) is 9.79. The molecule has 0 radical (unpaired) electrons. The number of nitrogens with zero attached hydrogens (tertiary/aromatic N) is 4. The molecule has 0 aliphatic rings. The molecular weight excluding hydrogens is 863 g/mol. The summed E-state index contributed by atoms with van der Waals surface area (Å²) in [5.41, 5.74) is 23.9. The Bertz CT molecular complexity index is 2750. The summed E-state index contributed by atoms with van der Waals surface area (Å²) >= 11 is -3.98. The summed E-state index contributed by atoms with van der Waals surface area (Å²) in [6.07, 6.45) is 7.96. The van der Waals surface area contributed by atoms with Gasteiger partial charge in [-0.05, 0) is 0 Å². The van der Waals surface area contributed by atoms with Crippen molar-refractivity contribution < 1.29 is 6.15 Å². The SMILES string of the molecule is [CH3][Sn]([CH3])([O]/C(N)=N/N=C(/C=C/c1c(-c2ccccc2)[nH]c2ccccc12)c1ccccc1)[O]/C(N)=N/N=C(\C=C\c1c(-c2ccccc2)[nH]c2ccccc12)c1ccccc1. The maximum absolute atomic E-state index is 6.35. The van der Waals surface area contributed by atoms with Crippen LogP contribution >= 0.6 is 0 Å². The Morgan fingerprint density at radius 2 is 0.803 bits per heavy atom. The van der Waals surface area contributed by atoms with Crippen molar-refractivity contribution in [3.8, 4) is 22.5 Å². The Kier molecular flexibility index (Phi) is 12.3. The van der Waals surface area contributed by atoms with E-state index in [0.29, 0.717) is 11.4 Å². The molecule has 61 heavy (non-hydrogen) atoms. The summed E-state index contributed by atoms with van der Waals surface area (Å²) < 4.78 is 12.2. The fourth-order valence-corrected chi connectivity index (χ4v) is 10.3. The fraction of sp³-hybridized carbons (Fsp3) is 0.0400. The standard InChI is InChI=1S/2C24H20N4O.2CH3.Sn/c2*25-24(29)28-27-21(17-9-3-1-4-10-17)16-15-20-19-13-7-8-14-22(19)26-23(20)18-11-5-2-6-12-18;;;/h2*1-16,26H,(H3,25,28,29);2*1H3;/q;;;;+2/p-2/b16-15+,27-21+;16-15+,27-21-;;;. The van der Waals surface area contributed by atoms with E-state index in [9.17, 15) is 0 Å². The number of nitrogens with one attached hydrogen (secondary N) is 2. The van der Waals surface area contributed by atoms with E-state index in [1.54, 1.807) is 0 Å². The molecule has 11 heteroatoms. The average molecular weight is 908 g/mol. The number of para-hydroxylation sites is 2. The first-order valence-corrected chi connectivity index (χ1v) is 27.8. The normalized spacial score (nSPS) is 13.1. The third kappa shape index (κ3) is 9.89. The van der Waals surface area contributed by atoms with Gasteiger partial charge in [0, 0.05) is 0 Å². The van der Waals surface area contributed by atoms with E-state index in [2.05, 4.69) is 78.9 Å². The molecule has 2 aromatic heterocycles. The van der Waals surface area contributed by atoms with Crippen molar-refractivity contribution in [1.82, 2.24) is 9.97 Å². The molecule has 8 aromatic rings. The fourth-order valence-electron chi connectivity index (χ4n) is 7.03. The molecule has 0 spiro atoms. The molecule has 0 fully saturated rings. The Labute approximate surface area is 359 Å². The molecule has 0 atom stereocenters. The zero-order valence-electron chi connectivity index (χ0n) is 33.7. The van der Waals surface area contributed by atoms with Crippen LogP contribution in [0.5, 0.6) is 0 Å². The number of nitrogens with two attached hydrogens (primary N) is 2. The van der Waals surface area contributed by atoms with Crippen molar-refractivity contribution in [3.63, 3.8) is 0 Å². The Hall–Kier alpha value is -7.44. The Balaban J connectivity index is 1.04. The molecule has 0 amide bonds. The van der Waals surface area contributed by atoms with Gasteiger partial charge in [-0.15, -0.1) is 0 Å². The van der Waals surface area contributed by atoms with E-state index in [0.717, 1.165) is 66.6 Å². The molecule has 10 nitrogen and oxygen atoms in total. The number of benzene rings is 6. The predicted molar refractivity (Wildman–Crippen MR) is 254 cm³/mol. The van der Waals surface area contributed by atoms with Crippen LogP contribution in [0.2, 0.25) is 9.88 Å². The number of rotatable bonds is 12. The Morgan fingerprint density at radius 1 is 0.459 bits per heavy atom. The monoisotopic (exact) mass is 908 g/mol. The van der Waals surface area contributed by atoms with Gasteiger partial charge < -0.3 is 0 Å². The summed E-state index contributed by atoms with van der Waals surface area (Å²) in [6.45, 7) is 0. The molecule has 2 heterocycles. The third-order valence-corrected chi connectivity index (χ3v) is 13.8. The van der Waals surface area contributed by atoms with Gasteiger partial charge in [-0.3, -0.25) is 0 Å². The second kappa shape index (κ2) is 18.6. The van der Waals surface area contributed by atoms with E-state index in [1.165, 1.54) is 0 Å². The first kappa shape index (κ1) is 40.3. The van der Waals surface area contributed by atoms with Crippen LogP contribution in [0.25, 0.3) is 56.5 Å². The molecule has 0 aliphatic carbocycles. The van der Waals surface area contributed by atoms with E-state index < -0.39 is 19.2 Å². The van der Waals surface area contributed by atoms with Crippen molar-refractivity contribution in [2.45, 2.75) is 9.88 Å². The first-order chi connectivity index (χ1) is 29.8. The van der Waals surface area contributed by atoms with E-state index >= 15 is 0 Å². The predicted octanol–water partition coefficient (Wildman–Crippen LogP) is 10.9. The first-order valence-electron chi connectivity index (χ1n) is 19.8. The van der Waals surface area contributed by atoms with Gasteiger partial charge in [0.15, 0.2) is 0 Å². The number of hydrogen-bond donors (Lipinski definition) is 4. The second-order valence-electron chi connectivity index (χ2n) is 14.5. The zero-order chi connectivity index (χ0) is 42.0. The number of aromatic amines is 2. The quantitative estimate of drug-likeness (QED) is 0.0417. The number of hydrogen-bond acceptors (Lipinski definition) is 6. The van der Waals surface area contributed by atoms with E-state index in [1.807, 2.05) is 156 Å². The van der Waals surface area contributed by atoms with Crippen LogP contribution in [-0.4, -0.2) is 52.6 Å². The van der Waals surface area contributed by atoms with Crippen LogP contribution < -0.4 is 11.5 Å².